The lowest BCUT2D eigenvalue weighted by molar-refractivity contribution is -0.122. The zero-order valence-corrected chi connectivity index (χ0v) is 8.50. The number of aryl methyl sites for hydroxylation is 1. The van der Waals surface area contributed by atoms with Crippen molar-refractivity contribution in [2.75, 3.05) is 0 Å². The zero-order chi connectivity index (χ0) is 10.7. The number of ether oxygens (including phenoxy) is 1. The summed E-state index contributed by atoms with van der Waals surface area (Å²) in [6, 6.07) is 4.42. The first-order valence-electron chi connectivity index (χ1n) is 4.44. The molecule has 0 aliphatic heterocycles. The number of carbonyl (C=O) groups is 1. The molecule has 0 heterocycles. The van der Waals surface area contributed by atoms with Crippen molar-refractivity contribution in [1.82, 2.24) is 0 Å². The lowest BCUT2D eigenvalue weighted by Gasteiger charge is -2.11. The average molecular weight is 196 g/mol. The van der Waals surface area contributed by atoms with Crippen molar-refractivity contribution in [1.29, 1.82) is 0 Å². The molecule has 1 aromatic carbocycles. The molecular weight excluding hydrogens is 183 g/mol. The SMILES string of the molecule is CC(=O)C(C)Oc1ccc(F)c(C)c1. The maximum atomic E-state index is 12.9. The van der Waals surface area contributed by atoms with Gasteiger partial charge in [-0.2, -0.15) is 0 Å². The molecule has 1 atom stereocenters. The molecule has 1 unspecified atom stereocenters. The van der Waals surface area contributed by atoms with Gasteiger partial charge in [-0.1, -0.05) is 0 Å². The van der Waals surface area contributed by atoms with Crippen LogP contribution in [0.2, 0.25) is 0 Å². The van der Waals surface area contributed by atoms with Crippen LogP contribution in [0.5, 0.6) is 5.75 Å². The highest BCUT2D eigenvalue weighted by atomic mass is 19.1. The third kappa shape index (κ3) is 2.55. The lowest BCUT2D eigenvalue weighted by Crippen LogP contribution is -2.20. The quantitative estimate of drug-likeness (QED) is 0.742. The molecule has 0 N–H and O–H groups in total. The summed E-state index contributed by atoms with van der Waals surface area (Å²) in [5.41, 5.74) is 0.512. The van der Waals surface area contributed by atoms with E-state index in [0.717, 1.165) is 0 Å². The molecule has 76 valence electrons. The van der Waals surface area contributed by atoms with Crippen LogP contribution in [0.1, 0.15) is 19.4 Å². The third-order valence-corrected chi connectivity index (χ3v) is 2.01. The monoisotopic (exact) mass is 196 g/mol. The lowest BCUT2D eigenvalue weighted by atomic mass is 10.2. The van der Waals surface area contributed by atoms with Crippen LogP contribution < -0.4 is 4.74 Å². The minimum atomic E-state index is -0.486. The molecule has 3 heteroatoms. The van der Waals surface area contributed by atoms with Crippen LogP contribution in [0.15, 0.2) is 18.2 Å². The van der Waals surface area contributed by atoms with Crippen LogP contribution in [0.3, 0.4) is 0 Å². The van der Waals surface area contributed by atoms with E-state index in [1.165, 1.54) is 19.1 Å². The number of hydrogen-bond donors (Lipinski definition) is 0. The fourth-order valence-electron chi connectivity index (χ4n) is 0.978. The molecule has 0 aromatic heterocycles. The van der Waals surface area contributed by atoms with E-state index in [2.05, 4.69) is 0 Å². The van der Waals surface area contributed by atoms with E-state index in [1.807, 2.05) is 0 Å². The number of hydrogen-bond acceptors (Lipinski definition) is 2. The van der Waals surface area contributed by atoms with E-state index >= 15 is 0 Å². The number of Topliss-reactive ketones (excluding diaryl/α,β-unsaturated/α-hetero) is 1. The minimum absolute atomic E-state index is 0.0491. The Morgan fingerprint density at radius 2 is 2.14 bits per heavy atom. The van der Waals surface area contributed by atoms with Crippen LogP contribution in [-0.2, 0) is 4.79 Å². The molecule has 0 radical (unpaired) electrons. The third-order valence-electron chi connectivity index (χ3n) is 2.01. The number of rotatable bonds is 3. The average Bonchev–Trinajstić information content (AvgIpc) is 2.11. The molecule has 0 saturated heterocycles. The summed E-state index contributed by atoms with van der Waals surface area (Å²) in [4.78, 5) is 10.9. The van der Waals surface area contributed by atoms with Gasteiger partial charge in [-0.25, -0.2) is 4.39 Å². The Bertz CT molecular complexity index is 347. The van der Waals surface area contributed by atoms with Gasteiger partial charge in [0.2, 0.25) is 0 Å². The molecule has 0 bridgehead atoms. The second-order valence-electron chi connectivity index (χ2n) is 3.28. The van der Waals surface area contributed by atoms with Crippen LogP contribution in [0.4, 0.5) is 4.39 Å². The van der Waals surface area contributed by atoms with Gasteiger partial charge in [0.25, 0.3) is 0 Å². The first-order valence-corrected chi connectivity index (χ1v) is 4.44. The van der Waals surface area contributed by atoms with E-state index in [4.69, 9.17) is 4.74 Å². The van der Waals surface area contributed by atoms with Crippen molar-refractivity contribution in [3.8, 4) is 5.75 Å². The largest absolute Gasteiger partial charge is 0.483 e. The summed E-state index contributed by atoms with van der Waals surface area (Å²) in [7, 11) is 0. The van der Waals surface area contributed by atoms with Crippen molar-refractivity contribution in [3.05, 3.63) is 29.6 Å². The molecule has 0 aliphatic rings. The van der Waals surface area contributed by atoms with Crippen molar-refractivity contribution >= 4 is 5.78 Å². The van der Waals surface area contributed by atoms with Crippen LogP contribution >= 0.6 is 0 Å². The maximum absolute atomic E-state index is 12.9. The first-order chi connectivity index (χ1) is 6.50. The Kier molecular flexibility index (Phi) is 3.23. The molecule has 0 amide bonds. The molecular formula is C11H13FO2. The van der Waals surface area contributed by atoms with Crippen molar-refractivity contribution in [2.24, 2.45) is 0 Å². The normalized spacial score (nSPS) is 12.3. The molecule has 0 saturated carbocycles. The molecule has 1 rings (SSSR count). The molecule has 0 fully saturated rings. The summed E-state index contributed by atoms with van der Waals surface area (Å²) < 4.78 is 18.2. The highest BCUT2D eigenvalue weighted by Crippen LogP contribution is 2.17. The highest BCUT2D eigenvalue weighted by Gasteiger charge is 2.09. The Balaban J connectivity index is 2.78. The van der Waals surface area contributed by atoms with Gasteiger partial charge in [-0.3, -0.25) is 4.79 Å². The number of ketones is 1. The number of benzene rings is 1. The smallest absolute Gasteiger partial charge is 0.169 e. The van der Waals surface area contributed by atoms with Gasteiger partial charge in [0.15, 0.2) is 11.9 Å². The second-order valence-corrected chi connectivity index (χ2v) is 3.28. The first kappa shape index (κ1) is 10.7. The standard InChI is InChI=1S/C11H13FO2/c1-7-6-10(4-5-11(7)12)14-9(3)8(2)13/h4-6,9H,1-3H3. The Labute approximate surface area is 82.7 Å². The topological polar surface area (TPSA) is 26.3 Å². The molecule has 1 aromatic rings. The molecule has 0 spiro atoms. The summed E-state index contributed by atoms with van der Waals surface area (Å²) in [6.45, 7) is 4.78. The fraction of sp³-hybridized carbons (Fsp3) is 0.364. The van der Waals surface area contributed by atoms with Crippen molar-refractivity contribution in [3.63, 3.8) is 0 Å². The van der Waals surface area contributed by atoms with E-state index in [0.29, 0.717) is 11.3 Å². The van der Waals surface area contributed by atoms with Gasteiger partial charge >= 0.3 is 0 Å². The molecule has 0 aliphatic carbocycles. The Morgan fingerprint density at radius 3 is 2.64 bits per heavy atom. The second kappa shape index (κ2) is 4.22. The summed E-state index contributed by atoms with van der Waals surface area (Å²) in [5, 5.41) is 0. The van der Waals surface area contributed by atoms with Gasteiger partial charge in [0, 0.05) is 0 Å². The van der Waals surface area contributed by atoms with E-state index in [-0.39, 0.29) is 11.6 Å². The van der Waals surface area contributed by atoms with E-state index < -0.39 is 6.10 Å². The number of carbonyl (C=O) groups excluding carboxylic acids is 1. The fourth-order valence-corrected chi connectivity index (χ4v) is 0.978. The van der Waals surface area contributed by atoms with Crippen molar-refractivity contribution in [2.45, 2.75) is 26.9 Å². The van der Waals surface area contributed by atoms with Gasteiger partial charge in [-0.05, 0) is 44.5 Å². The van der Waals surface area contributed by atoms with Crippen molar-refractivity contribution < 1.29 is 13.9 Å². The summed E-state index contributed by atoms with van der Waals surface area (Å²) in [6.07, 6.45) is -0.486. The molecule has 14 heavy (non-hydrogen) atoms. The van der Waals surface area contributed by atoms with Gasteiger partial charge in [0.05, 0.1) is 0 Å². The van der Waals surface area contributed by atoms with Gasteiger partial charge in [0.1, 0.15) is 11.6 Å². The van der Waals surface area contributed by atoms with Gasteiger partial charge < -0.3 is 4.74 Å². The summed E-state index contributed by atoms with van der Waals surface area (Å²) in [5.74, 6) is 0.200. The van der Waals surface area contributed by atoms with Crippen LogP contribution in [0, 0.1) is 12.7 Å². The Morgan fingerprint density at radius 1 is 1.50 bits per heavy atom. The van der Waals surface area contributed by atoms with Gasteiger partial charge in [-0.15, -0.1) is 0 Å². The predicted molar refractivity (Wildman–Crippen MR) is 51.9 cm³/mol. The molecule has 2 nitrogen and oxygen atoms in total. The summed E-state index contributed by atoms with van der Waals surface area (Å²) >= 11 is 0. The maximum Gasteiger partial charge on any atom is 0.169 e. The Hall–Kier alpha value is -1.38. The predicted octanol–water partition coefficient (Wildman–Crippen LogP) is 2.49. The minimum Gasteiger partial charge on any atom is -0.483 e. The van der Waals surface area contributed by atoms with Crippen LogP contribution in [-0.4, -0.2) is 11.9 Å². The van der Waals surface area contributed by atoms with Crippen LogP contribution in [0.25, 0.3) is 0 Å². The van der Waals surface area contributed by atoms with E-state index in [9.17, 15) is 9.18 Å². The number of halogens is 1. The highest BCUT2D eigenvalue weighted by molar-refractivity contribution is 5.80. The zero-order valence-electron chi connectivity index (χ0n) is 8.50. The van der Waals surface area contributed by atoms with E-state index in [1.54, 1.807) is 19.9 Å².